The van der Waals surface area contributed by atoms with Gasteiger partial charge in [0.1, 0.15) is 11.5 Å². The highest BCUT2D eigenvalue weighted by molar-refractivity contribution is 7.13. The van der Waals surface area contributed by atoms with Gasteiger partial charge >= 0.3 is 0 Å². The van der Waals surface area contributed by atoms with Gasteiger partial charge < -0.3 is 15.0 Å². The fraction of sp³-hybridized carbons (Fsp3) is 0.615. The number of carbonyl (C=O) groups is 2. The summed E-state index contributed by atoms with van der Waals surface area (Å²) in [6.07, 6.45) is 0.786. The summed E-state index contributed by atoms with van der Waals surface area (Å²) in [6.45, 7) is 5.05. The maximum Gasteiger partial charge on any atom is 0.265 e. The Hall–Kier alpha value is -1.47. The third kappa shape index (κ3) is 2.43. The van der Waals surface area contributed by atoms with E-state index < -0.39 is 0 Å². The largest absolute Gasteiger partial charge is 0.366 e. The van der Waals surface area contributed by atoms with Crippen LogP contribution in [0.15, 0.2) is 0 Å². The second-order valence-corrected chi connectivity index (χ2v) is 6.41. The number of ether oxygens (including phenoxy) is 1. The Morgan fingerprint density at radius 3 is 3.00 bits per heavy atom. The SMILES string of the molecule is Cc1nc(C)c(C(=O)N2CC[C@@H]3OCC(=O)N[C@H]3C2)s1. The van der Waals surface area contributed by atoms with Gasteiger partial charge in [-0.2, -0.15) is 0 Å². The summed E-state index contributed by atoms with van der Waals surface area (Å²) in [4.78, 5) is 30.7. The lowest BCUT2D eigenvalue weighted by molar-refractivity contribution is -0.139. The lowest BCUT2D eigenvalue weighted by atomic mass is 10.0. The van der Waals surface area contributed by atoms with Crippen LogP contribution >= 0.6 is 11.3 Å². The van der Waals surface area contributed by atoms with E-state index in [1.807, 2.05) is 13.8 Å². The molecule has 7 heteroatoms. The van der Waals surface area contributed by atoms with Gasteiger partial charge in [0.05, 0.1) is 22.8 Å². The second-order valence-electron chi connectivity index (χ2n) is 5.21. The van der Waals surface area contributed by atoms with Crippen molar-refractivity contribution in [1.29, 1.82) is 0 Å². The molecule has 1 aromatic heterocycles. The van der Waals surface area contributed by atoms with E-state index in [4.69, 9.17) is 4.74 Å². The lowest BCUT2D eigenvalue weighted by Gasteiger charge is -2.40. The molecule has 2 atom stereocenters. The summed E-state index contributed by atoms with van der Waals surface area (Å²) in [5.41, 5.74) is 0.781. The molecule has 1 aromatic rings. The first-order valence-electron chi connectivity index (χ1n) is 6.69. The number of hydrogen-bond acceptors (Lipinski definition) is 5. The third-order valence-corrected chi connectivity index (χ3v) is 4.77. The van der Waals surface area contributed by atoms with Gasteiger partial charge in [0.15, 0.2) is 0 Å². The minimum atomic E-state index is -0.106. The minimum absolute atomic E-state index is 0.00590. The van der Waals surface area contributed by atoms with Crippen molar-refractivity contribution < 1.29 is 14.3 Å². The highest BCUT2D eigenvalue weighted by Crippen LogP contribution is 2.23. The van der Waals surface area contributed by atoms with Gasteiger partial charge in [-0.05, 0) is 20.3 Å². The molecule has 0 saturated carbocycles. The predicted molar refractivity (Wildman–Crippen MR) is 73.8 cm³/mol. The van der Waals surface area contributed by atoms with Crippen molar-refractivity contribution in [2.75, 3.05) is 19.7 Å². The zero-order valence-electron chi connectivity index (χ0n) is 11.5. The van der Waals surface area contributed by atoms with E-state index in [1.54, 1.807) is 4.90 Å². The molecule has 6 nitrogen and oxygen atoms in total. The number of aryl methyl sites for hydroxylation is 2. The molecular weight excluding hydrogens is 278 g/mol. The Labute approximate surface area is 121 Å². The molecule has 2 fully saturated rings. The van der Waals surface area contributed by atoms with E-state index in [1.165, 1.54) is 11.3 Å². The van der Waals surface area contributed by atoms with Crippen molar-refractivity contribution in [3.8, 4) is 0 Å². The van der Waals surface area contributed by atoms with Crippen molar-refractivity contribution >= 4 is 23.2 Å². The van der Waals surface area contributed by atoms with Crippen LogP contribution in [-0.2, 0) is 9.53 Å². The average molecular weight is 295 g/mol. The first-order valence-corrected chi connectivity index (χ1v) is 7.50. The number of hydrogen-bond donors (Lipinski definition) is 1. The second kappa shape index (κ2) is 5.14. The average Bonchev–Trinajstić information content (AvgIpc) is 2.76. The number of amides is 2. The molecule has 20 heavy (non-hydrogen) atoms. The fourth-order valence-corrected chi connectivity index (χ4v) is 3.65. The summed E-state index contributed by atoms with van der Waals surface area (Å²) in [7, 11) is 0. The molecular formula is C13H17N3O3S. The molecule has 108 valence electrons. The molecule has 0 spiro atoms. The van der Waals surface area contributed by atoms with Gasteiger partial charge in [-0.1, -0.05) is 0 Å². The van der Waals surface area contributed by atoms with Gasteiger partial charge in [-0.3, -0.25) is 9.59 Å². The van der Waals surface area contributed by atoms with Crippen LogP contribution in [0.5, 0.6) is 0 Å². The molecule has 2 saturated heterocycles. The van der Waals surface area contributed by atoms with Crippen LogP contribution in [0.2, 0.25) is 0 Å². The number of nitrogens with one attached hydrogen (secondary N) is 1. The van der Waals surface area contributed by atoms with Gasteiger partial charge in [-0.15, -0.1) is 11.3 Å². The number of likely N-dealkylation sites (tertiary alicyclic amines) is 1. The highest BCUT2D eigenvalue weighted by Gasteiger charge is 2.37. The zero-order chi connectivity index (χ0) is 14.3. The normalized spacial score (nSPS) is 26.1. The molecule has 0 unspecified atom stereocenters. The van der Waals surface area contributed by atoms with E-state index in [2.05, 4.69) is 10.3 Å². The monoisotopic (exact) mass is 295 g/mol. The Bertz CT molecular complexity index is 557. The van der Waals surface area contributed by atoms with Gasteiger partial charge in [0.25, 0.3) is 5.91 Å². The van der Waals surface area contributed by atoms with Crippen LogP contribution in [0.3, 0.4) is 0 Å². The summed E-state index contributed by atoms with van der Waals surface area (Å²) in [5.74, 6) is -0.100. The van der Waals surface area contributed by atoms with Gasteiger partial charge in [0, 0.05) is 13.1 Å². The topological polar surface area (TPSA) is 71.5 Å². The molecule has 0 aliphatic carbocycles. The van der Waals surface area contributed by atoms with Crippen LogP contribution in [0.4, 0.5) is 0 Å². The van der Waals surface area contributed by atoms with Crippen molar-refractivity contribution in [2.24, 2.45) is 0 Å². The predicted octanol–water partition coefficient (Wildman–Crippen LogP) is 0.489. The van der Waals surface area contributed by atoms with Crippen molar-refractivity contribution in [3.63, 3.8) is 0 Å². The molecule has 0 aromatic carbocycles. The van der Waals surface area contributed by atoms with Gasteiger partial charge in [0.2, 0.25) is 5.91 Å². The standard InChI is InChI=1S/C13H17N3O3S/c1-7-12(20-8(2)14-7)13(18)16-4-3-10-9(5-16)15-11(17)6-19-10/h9-10H,3-6H2,1-2H3,(H,15,17)/t9-,10-/m0/s1. The fourth-order valence-electron chi connectivity index (χ4n) is 2.76. The molecule has 3 rings (SSSR count). The smallest absolute Gasteiger partial charge is 0.265 e. The van der Waals surface area contributed by atoms with Crippen LogP contribution < -0.4 is 5.32 Å². The maximum atomic E-state index is 12.5. The van der Waals surface area contributed by atoms with E-state index in [9.17, 15) is 9.59 Å². The molecule has 2 aliphatic rings. The number of morpholine rings is 1. The van der Waals surface area contributed by atoms with Crippen molar-refractivity contribution in [3.05, 3.63) is 15.6 Å². The van der Waals surface area contributed by atoms with E-state index >= 15 is 0 Å². The van der Waals surface area contributed by atoms with Crippen LogP contribution in [0.1, 0.15) is 26.8 Å². The molecule has 0 bridgehead atoms. The number of fused-ring (bicyclic) bond motifs is 1. The van der Waals surface area contributed by atoms with E-state index in [0.29, 0.717) is 18.0 Å². The summed E-state index contributed by atoms with van der Waals surface area (Å²) in [5, 5.41) is 3.80. The Kier molecular flexibility index (Phi) is 3.47. The van der Waals surface area contributed by atoms with E-state index in [0.717, 1.165) is 17.1 Å². The van der Waals surface area contributed by atoms with Gasteiger partial charge in [-0.25, -0.2) is 4.98 Å². The van der Waals surface area contributed by atoms with Crippen LogP contribution in [-0.4, -0.2) is 53.5 Å². The molecule has 3 heterocycles. The maximum absolute atomic E-state index is 12.5. The first-order chi connectivity index (χ1) is 9.54. The molecule has 2 amide bonds. The van der Waals surface area contributed by atoms with Crippen LogP contribution in [0, 0.1) is 13.8 Å². The zero-order valence-corrected chi connectivity index (χ0v) is 12.3. The van der Waals surface area contributed by atoms with E-state index in [-0.39, 0.29) is 30.6 Å². The highest BCUT2D eigenvalue weighted by atomic mass is 32.1. The van der Waals surface area contributed by atoms with Crippen molar-refractivity contribution in [2.45, 2.75) is 32.4 Å². The number of aromatic nitrogens is 1. The lowest BCUT2D eigenvalue weighted by Crippen LogP contribution is -2.61. The number of nitrogens with zero attached hydrogens (tertiary/aromatic N) is 2. The third-order valence-electron chi connectivity index (χ3n) is 3.71. The minimum Gasteiger partial charge on any atom is -0.366 e. The summed E-state index contributed by atoms with van der Waals surface area (Å²) < 4.78 is 5.50. The number of carbonyl (C=O) groups excluding carboxylic acids is 2. The quantitative estimate of drug-likeness (QED) is 0.818. The Morgan fingerprint density at radius 2 is 2.30 bits per heavy atom. The van der Waals surface area contributed by atoms with Crippen LogP contribution in [0.25, 0.3) is 0 Å². The summed E-state index contributed by atoms with van der Waals surface area (Å²) >= 11 is 1.43. The number of thiazole rings is 1. The molecule has 2 aliphatic heterocycles. The number of piperidine rings is 1. The molecule has 1 N–H and O–H groups in total. The van der Waals surface area contributed by atoms with Crippen molar-refractivity contribution in [1.82, 2.24) is 15.2 Å². The first kappa shape index (κ1) is 13.5. The Morgan fingerprint density at radius 1 is 1.50 bits per heavy atom. The molecule has 0 radical (unpaired) electrons. The Balaban J connectivity index is 1.73. The number of rotatable bonds is 1. The summed E-state index contributed by atoms with van der Waals surface area (Å²) in [6, 6.07) is -0.0942.